The summed E-state index contributed by atoms with van der Waals surface area (Å²) in [6.07, 6.45) is 1.24. The van der Waals surface area contributed by atoms with Crippen molar-refractivity contribution >= 4 is 29.2 Å². The Balaban J connectivity index is 0.00000166. The van der Waals surface area contributed by atoms with E-state index in [1.807, 2.05) is 13.8 Å². The third kappa shape index (κ3) is 4.83. The maximum atomic E-state index is 14.4. The van der Waals surface area contributed by atoms with Gasteiger partial charge in [-0.25, -0.2) is 14.2 Å². The molecule has 0 unspecified atom stereocenters. The summed E-state index contributed by atoms with van der Waals surface area (Å²) in [5, 5.41) is 11.5. The number of nitrogens with zero attached hydrogens (tertiary/aromatic N) is 2. The minimum atomic E-state index is -1.20. The number of amides is 1. The Morgan fingerprint density at radius 1 is 1.16 bits per heavy atom. The fourth-order valence-electron chi connectivity index (χ4n) is 2.71. The van der Waals surface area contributed by atoms with E-state index in [0.29, 0.717) is 0 Å². The number of carbonyl (C=O) groups is 2. The lowest BCUT2D eigenvalue weighted by Gasteiger charge is -2.10. The summed E-state index contributed by atoms with van der Waals surface area (Å²) in [5.74, 6) is -4.44. The highest BCUT2D eigenvalue weighted by atomic mass is 35.5. The molecular weight excluding hydrogens is 432 g/mol. The predicted molar refractivity (Wildman–Crippen MR) is 113 cm³/mol. The molecule has 3 aromatic rings. The predicted octanol–water partition coefficient (Wildman–Crippen LogP) is 5.00. The summed E-state index contributed by atoms with van der Waals surface area (Å²) < 4.78 is 34.4. The van der Waals surface area contributed by atoms with Crippen LogP contribution in [0.4, 0.5) is 14.5 Å². The molecule has 0 saturated heterocycles. The van der Waals surface area contributed by atoms with E-state index in [-0.39, 0.29) is 39.1 Å². The Labute approximate surface area is 182 Å². The van der Waals surface area contributed by atoms with Gasteiger partial charge in [-0.15, -0.1) is 0 Å². The number of benzene rings is 2. The zero-order valence-corrected chi connectivity index (χ0v) is 17.9. The average molecular weight is 452 g/mol. The van der Waals surface area contributed by atoms with Gasteiger partial charge in [-0.3, -0.25) is 4.79 Å². The minimum Gasteiger partial charge on any atom is -0.494 e. The van der Waals surface area contributed by atoms with Crippen LogP contribution < -0.4 is 10.1 Å². The van der Waals surface area contributed by atoms with Gasteiger partial charge in [0.05, 0.1) is 29.6 Å². The van der Waals surface area contributed by atoms with Crippen molar-refractivity contribution in [2.75, 3.05) is 12.4 Å². The topological polar surface area (TPSA) is 93.4 Å². The van der Waals surface area contributed by atoms with E-state index in [0.717, 1.165) is 0 Å². The highest BCUT2D eigenvalue weighted by Gasteiger charge is 2.21. The number of hydrogen-bond acceptors (Lipinski definition) is 4. The van der Waals surface area contributed by atoms with Crippen LogP contribution in [0.15, 0.2) is 36.5 Å². The first-order valence-corrected chi connectivity index (χ1v) is 9.50. The number of imidazole rings is 1. The Hall–Kier alpha value is -3.46. The van der Waals surface area contributed by atoms with Crippen LogP contribution >= 0.6 is 11.6 Å². The van der Waals surface area contributed by atoms with E-state index in [9.17, 15) is 18.4 Å². The van der Waals surface area contributed by atoms with E-state index >= 15 is 0 Å². The van der Waals surface area contributed by atoms with E-state index in [1.54, 1.807) is 0 Å². The molecule has 2 N–H and O–H groups in total. The summed E-state index contributed by atoms with van der Waals surface area (Å²) in [6, 6.07) is 6.49. The number of carboxylic acids is 1. The number of ether oxygens (including phenoxy) is 1. The molecule has 31 heavy (non-hydrogen) atoms. The Morgan fingerprint density at radius 2 is 1.84 bits per heavy atom. The van der Waals surface area contributed by atoms with Gasteiger partial charge in [-0.05, 0) is 30.3 Å². The molecular formula is C21H20ClF2N3O4. The number of aromatic carboxylic acids is 1. The Bertz CT molecular complexity index is 1130. The lowest BCUT2D eigenvalue weighted by atomic mass is 10.1. The van der Waals surface area contributed by atoms with Crippen LogP contribution in [0.3, 0.4) is 0 Å². The number of hydrogen-bond donors (Lipinski definition) is 2. The number of anilines is 1. The van der Waals surface area contributed by atoms with Crippen molar-refractivity contribution in [3.63, 3.8) is 0 Å². The standard InChI is InChI=1S/C19H14ClF2N3O4.C2H6/c1-25-13(11-5-6-14(29-2)16(22)15(11)21)8-23-17(25)18(26)24-9-3-4-10(19(27)28)12(20)7-9;1-2/h3-8H,1-2H3,(H,24,26)(H,27,28);1-2H3. The highest BCUT2D eigenvalue weighted by molar-refractivity contribution is 6.33. The quantitative estimate of drug-likeness (QED) is 0.569. The summed E-state index contributed by atoms with van der Waals surface area (Å²) in [5.41, 5.74) is 0.219. The smallest absolute Gasteiger partial charge is 0.337 e. The normalized spacial score (nSPS) is 10.2. The summed E-state index contributed by atoms with van der Waals surface area (Å²) in [4.78, 5) is 27.5. The van der Waals surface area contributed by atoms with Crippen molar-refractivity contribution in [1.82, 2.24) is 9.55 Å². The van der Waals surface area contributed by atoms with Crippen molar-refractivity contribution in [2.24, 2.45) is 7.05 Å². The zero-order chi connectivity index (χ0) is 23.3. The SMILES string of the molecule is CC.COc1ccc(-c2cnc(C(=O)Nc3ccc(C(=O)O)c(Cl)c3)n2C)c(F)c1F. The Morgan fingerprint density at radius 3 is 2.42 bits per heavy atom. The van der Waals surface area contributed by atoms with Crippen molar-refractivity contribution in [1.29, 1.82) is 0 Å². The maximum Gasteiger partial charge on any atom is 0.337 e. The molecule has 0 radical (unpaired) electrons. The number of aromatic nitrogens is 2. The third-order valence-corrected chi connectivity index (χ3v) is 4.50. The number of nitrogens with one attached hydrogen (secondary N) is 1. The lowest BCUT2D eigenvalue weighted by molar-refractivity contribution is 0.0697. The molecule has 1 aromatic heterocycles. The summed E-state index contributed by atoms with van der Waals surface area (Å²) in [7, 11) is 2.69. The molecule has 1 amide bonds. The molecule has 0 fully saturated rings. The fourth-order valence-corrected chi connectivity index (χ4v) is 2.97. The van der Waals surface area contributed by atoms with Crippen molar-refractivity contribution in [2.45, 2.75) is 13.8 Å². The van der Waals surface area contributed by atoms with Gasteiger partial charge in [0.25, 0.3) is 5.91 Å². The molecule has 0 saturated carbocycles. The van der Waals surface area contributed by atoms with Crippen LogP contribution in [0.1, 0.15) is 34.8 Å². The summed E-state index contributed by atoms with van der Waals surface area (Å²) in [6.45, 7) is 4.00. The zero-order valence-electron chi connectivity index (χ0n) is 17.2. The van der Waals surface area contributed by atoms with Crippen LogP contribution in [0.2, 0.25) is 5.02 Å². The van der Waals surface area contributed by atoms with E-state index in [2.05, 4.69) is 10.3 Å². The van der Waals surface area contributed by atoms with Gasteiger partial charge in [0, 0.05) is 18.3 Å². The van der Waals surface area contributed by atoms with Crippen LogP contribution in [0, 0.1) is 11.6 Å². The number of halogens is 3. The monoisotopic (exact) mass is 451 g/mol. The molecule has 10 heteroatoms. The first-order valence-electron chi connectivity index (χ1n) is 9.12. The molecule has 164 valence electrons. The Kier molecular flexibility index (Phi) is 7.71. The van der Waals surface area contributed by atoms with Gasteiger partial charge >= 0.3 is 5.97 Å². The molecule has 0 bridgehead atoms. The third-order valence-electron chi connectivity index (χ3n) is 4.19. The lowest BCUT2D eigenvalue weighted by Crippen LogP contribution is -2.17. The second-order valence-corrected chi connectivity index (χ2v) is 6.33. The second kappa shape index (κ2) is 10.0. The maximum absolute atomic E-state index is 14.4. The van der Waals surface area contributed by atoms with Crippen LogP contribution in [0.25, 0.3) is 11.3 Å². The molecule has 1 heterocycles. The average Bonchev–Trinajstić information content (AvgIpc) is 3.12. The molecule has 0 aliphatic rings. The molecule has 0 aliphatic heterocycles. The number of carboxylic acid groups (broad SMARTS) is 1. The van der Waals surface area contributed by atoms with Gasteiger partial charge in [0.1, 0.15) is 0 Å². The van der Waals surface area contributed by atoms with E-state index in [1.165, 1.54) is 55.3 Å². The van der Waals surface area contributed by atoms with Gasteiger partial charge in [0.15, 0.2) is 17.4 Å². The fraction of sp³-hybridized carbons (Fsp3) is 0.190. The molecule has 0 aliphatic carbocycles. The molecule has 0 spiro atoms. The van der Waals surface area contributed by atoms with Gasteiger partial charge in [-0.2, -0.15) is 4.39 Å². The van der Waals surface area contributed by atoms with E-state index < -0.39 is 23.5 Å². The van der Waals surface area contributed by atoms with Crippen molar-refractivity contribution < 1.29 is 28.2 Å². The first-order chi connectivity index (χ1) is 14.7. The van der Waals surface area contributed by atoms with Crippen molar-refractivity contribution in [3.8, 4) is 17.0 Å². The molecule has 2 aromatic carbocycles. The largest absolute Gasteiger partial charge is 0.494 e. The van der Waals surface area contributed by atoms with Crippen LogP contribution in [-0.2, 0) is 7.05 Å². The summed E-state index contributed by atoms with van der Waals surface area (Å²) >= 11 is 5.89. The minimum absolute atomic E-state index is 0.0494. The van der Waals surface area contributed by atoms with Crippen LogP contribution in [-0.4, -0.2) is 33.6 Å². The molecule has 0 atom stereocenters. The van der Waals surface area contributed by atoms with Gasteiger partial charge < -0.3 is 19.7 Å². The second-order valence-electron chi connectivity index (χ2n) is 5.92. The van der Waals surface area contributed by atoms with E-state index in [4.69, 9.17) is 21.4 Å². The van der Waals surface area contributed by atoms with Crippen LogP contribution in [0.5, 0.6) is 5.75 Å². The number of methoxy groups -OCH3 is 1. The molecule has 7 nitrogen and oxygen atoms in total. The van der Waals surface area contributed by atoms with Gasteiger partial charge in [-0.1, -0.05) is 25.4 Å². The van der Waals surface area contributed by atoms with Gasteiger partial charge in [0.2, 0.25) is 5.82 Å². The first kappa shape index (κ1) is 23.8. The van der Waals surface area contributed by atoms with Crippen molar-refractivity contribution in [3.05, 3.63) is 64.6 Å². The molecule has 3 rings (SSSR count). The number of rotatable bonds is 5. The number of carbonyl (C=O) groups excluding carboxylic acids is 1. The highest BCUT2D eigenvalue weighted by Crippen LogP contribution is 2.30.